The third-order valence-electron chi connectivity index (χ3n) is 4.19. The second-order valence-electron chi connectivity index (χ2n) is 5.90. The first kappa shape index (κ1) is 16.4. The number of ether oxygens (including phenoxy) is 2. The maximum atomic E-state index is 12.3. The number of fused-ring (bicyclic) bond motifs is 1. The van der Waals surface area contributed by atoms with Crippen molar-refractivity contribution in [1.82, 2.24) is 4.72 Å². The largest absolute Gasteiger partial charge is 0.454 e. The Kier molecular flexibility index (Phi) is 4.14. The molecule has 2 aliphatic heterocycles. The van der Waals surface area contributed by atoms with Gasteiger partial charge in [-0.05, 0) is 29.5 Å². The number of anilines is 1. The van der Waals surface area contributed by atoms with Crippen molar-refractivity contribution in [2.75, 3.05) is 24.8 Å². The van der Waals surface area contributed by atoms with Gasteiger partial charge >= 0.3 is 0 Å². The SMILES string of the molecule is O=C1C[C@@H](CNS(=O)(=O)c2cccs2)CN1c1ccc2c(c1)OCO2. The fraction of sp³-hybridized carbons (Fsp3) is 0.312. The smallest absolute Gasteiger partial charge is 0.250 e. The molecule has 0 spiro atoms. The van der Waals surface area contributed by atoms with Crippen LogP contribution in [-0.2, 0) is 14.8 Å². The van der Waals surface area contributed by atoms with Gasteiger partial charge in [-0.2, -0.15) is 0 Å². The zero-order valence-electron chi connectivity index (χ0n) is 13.2. The fourth-order valence-corrected chi connectivity index (χ4v) is 5.09. The topological polar surface area (TPSA) is 84.9 Å². The number of carbonyl (C=O) groups is 1. The Labute approximate surface area is 149 Å². The van der Waals surface area contributed by atoms with Gasteiger partial charge in [0.25, 0.3) is 0 Å². The Bertz CT molecular complexity index is 895. The summed E-state index contributed by atoms with van der Waals surface area (Å²) in [5.74, 6) is 1.18. The summed E-state index contributed by atoms with van der Waals surface area (Å²) < 4.78 is 37.9. The highest BCUT2D eigenvalue weighted by Crippen LogP contribution is 2.37. The van der Waals surface area contributed by atoms with Crippen LogP contribution in [0.4, 0.5) is 5.69 Å². The quantitative estimate of drug-likeness (QED) is 0.855. The van der Waals surface area contributed by atoms with Crippen LogP contribution in [0, 0.1) is 5.92 Å². The highest BCUT2D eigenvalue weighted by Gasteiger charge is 2.32. The Morgan fingerprint density at radius 3 is 2.88 bits per heavy atom. The average molecular weight is 380 g/mol. The molecular weight excluding hydrogens is 364 g/mol. The minimum Gasteiger partial charge on any atom is -0.454 e. The number of sulfonamides is 1. The van der Waals surface area contributed by atoms with Crippen LogP contribution in [0.25, 0.3) is 0 Å². The normalized spacial score (nSPS) is 19.6. The highest BCUT2D eigenvalue weighted by atomic mass is 32.2. The van der Waals surface area contributed by atoms with E-state index < -0.39 is 10.0 Å². The van der Waals surface area contributed by atoms with Gasteiger partial charge in [0, 0.05) is 31.3 Å². The molecule has 0 radical (unpaired) electrons. The van der Waals surface area contributed by atoms with Crippen LogP contribution < -0.4 is 19.1 Å². The average Bonchev–Trinajstić information content (AvgIpc) is 3.33. The molecule has 4 rings (SSSR count). The van der Waals surface area contributed by atoms with Crippen molar-refractivity contribution in [2.45, 2.75) is 10.6 Å². The summed E-state index contributed by atoms with van der Waals surface area (Å²) in [5.41, 5.74) is 0.734. The third-order valence-corrected chi connectivity index (χ3v) is 7.02. The van der Waals surface area contributed by atoms with Crippen LogP contribution >= 0.6 is 11.3 Å². The van der Waals surface area contributed by atoms with E-state index in [1.807, 2.05) is 6.07 Å². The number of nitrogens with zero attached hydrogens (tertiary/aromatic N) is 1. The maximum absolute atomic E-state index is 12.3. The number of nitrogens with one attached hydrogen (secondary N) is 1. The summed E-state index contributed by atoms with van der Waals surface area (Å²) in [6, 6.07) is 8.62. The Balaban J connectivity index is 1.42. The minimum absolute atomic E-state index is 0.0285. The van der Waals surface area contributed by atoms with Crippen molar-refractivity contribution >= 4 is 33.0 Å². The van der Waals surface area contributed by atoms with Gasteiger partial charge in [0.2, 0.25) is 22.7 Å². The van der Waals surface area contributed by atoms with E-state index in [1.54, 1.807) is 34.5 Å². The Morgan fingerprint density at radius 2 is 2.08 bits per heavy atom. The number of hydrogen-bond donors (Lipinski definition) is 1. The van der Waals surface area contributed by atoms with Crippen LogP contribution in [0.3, 0.4) is 0 Å². The lowest BCUT2D eigenvalue weighted by atomic mass is 10.1. The second kappa shape index (κ2) is 6.32. The predicted molar refractivity (Wildman–Crippen MR) is 92.5 cm³/mol. The summed E-state index contributed by atoms with van der Waals surface area (Å²) in [6.07, 6.45) is 0.307. The second-order valence-corrected chi connectivity index (χ2v) is 8.84. The van der Waals surface area contributed by atoms with E-state index in [-0.39, 0.29) is 29.4 Å². The van der Waals surface area contributed by atoms with E-state index in [0.29, 0.717) is 24.5 Å². The lowest BCUT2D eigenvalue weighted by Crippen LogP contribution is -2.31. The van der Waals surface area contributed by atoms with Gasteiger partial charge in [-0.25, -0.2) is 13.1 Å². The van der Waals surface area contributed by atoms with E-state index in [4.69, 9.17) is 9.47 Å². The van der Waals surface area contributed by atoms with E-state index >= 15 is 0 Å². The van der Waals surface area contributed by atoms with E-state index in [9.17, 15) is 13.2 Å². The molecule has 0 aliphatic carbocycles. The molecule has 1 N–H and O–H groups in total. The molecule has 0 saturated carbocycles. The van der Waals surface area contributed by atoms with Crippen LogP contribution in [0.2, 0.25) is 0 Å². The molecule has 1 fully saturated rings. The molecule has 132 valence electrons. The fourth-order valence-electron chi connectivity index (χ4n) is 2.94. The van der Waals surface area contributed by atoms with Gasteiger partial charge in [0.15, 0.2) is 11.5 Å². The summed E-state index contributed by atoms with van der Waals surface area (Å²) in [5, 5.41) is 1.72. The minimum atomic E-state index is -3.51. The van der Waals surface area contributed by atoms with Crippen molar-refractivity contribution in [1.29, 1.82) is 0 Å². The van der Waals surface area contributed by atoms with Crippen LogP contribution in [0.5, 0.6) is 11.5 Å². The van der Waals surface area contributed by atoms with E-state index in [0.717, 1.165) is 5.69 Å². The van der Waals surface area contributed by atoms with Gasteiger partial charge in [-0.3, -0.25) is 4.79 Å². The molecule has 2 aliphatic rings. The maximum Gasteiger partial charge on any atom is 0.250 e. The first-order chi connectivity index (χ1) is 12.0. The zero-order valence-corrected chi connectivity index (χ0v) is 14.8. The van der Waals surface area contributed by atoms with Crippen molar-refractivity contribution in [2.24, 2.45) is 5.92 Å². The third kappa shape index (κ3) is 3.22. The predicted octanol–water partition coefficient (Wildman–Crippen LogP) is 1.81. The molecule has 2 aromatic rings. The summed E-state index contributed by atoms with van der Waals surface area (Å²) in [4.78, 5) is 14.0. The number of thiophene rings is 1. The van der Waals surface area contributed by atoms with Gasteiger partial charge < -0.3 is 14.4 Å². The number of hydrogen-bond acceptors (Lipinski definition) is 6. The van der Waals surface area contributed by atoms with E-state index in [2.05, 4.69) is 4.72 Å². The highest BCUT2D eigenvalue weighted by molar-refractivity contribution is 7.91. The van der Waals surface area contributed by atoms with Gasteiger partial charge in [0.1, 0.15) is 4.21 Å². The molecule has 0 unspecified atom stereocenters. The summed E-state index contributed by atoms with van der Waals surface area (Å²) >= 11 is 1.17. The van der Waals surface area contributed by atoms with Crippen LogP contribution in [0.15, 0.2) is 39.9 Å². The number of amides is 1. The van der Waals surface area contributed by atoms with Gasteiger partial charge in [0.05, 0.1) is 0 Å². The molecule has 9 heteroatoms. The standard InChI is InChI=1S/C16H16N2O5S2/c19-15-6-11(8-17-25(20,21)16-2-1-5-24-16)9-18(15)12-3-4-13-14(7-12)23-10-22-13/h1-5,7,11,17H,6,8-10H2/t11-/m0/s1. The Morgan fingerprint density at radius 1 is 1.24 bits per heavy atom. The molecule has 1 saturated heterocycles. The molecule has 7 nitrogen and oxygen atoms in total. The number of benzene rings is 1. The first-order valence-electron chi connectivity index (χ1n) is 7.76. The first-order valence-corrected chi connectivity index (χ1v) is 10.1. The number of carbonyl (C=O) groups excluding carboxylic acids is 1. The van der Waals surface area contributed by atoms with Crippen molar-refractivity contribution in [3.8, 4) is 11.5 Å². The van der Waals surface area contributed by atoms with Crippen molar-refractivity contribution in [3.05, 3.63) is 35.7 Å². The monoisotopic (exact) mass is 380 g/mol. The molecule has 3 heterocycles. The van der Waals surface area contributed by atoms with Crippen molar-refractivity contribution in [3.63, 3.8) is 0 Å². The number of rotatable bonds is 5. The molecule has 1 atom stereocenters. The molecule has 1 aromatic carbocycles. The Hall–Kier alpha value is -2.10. The molecule has 1 amide bonds. The van der Waals surface area contributed by atoms with Crippen LogP contribution in [-0.4, -0.2) is 34.2 Å². The summed E-state index contributed by atoms with van der Waals surface area (Å²) in [7, 11) is -3.51. The molecule has 0 bridgehead atoms. The molecular formula is C16H16N2O5S2. The zero-order chi connectivity index (χ0) is 17.4. The van der Waals surface area contributed by atoms with Crippen LogP contribution in [0.1, 0.15) is 6.42 Å². The van der Waals surface area contributed by atoms with Crippen molar-refractivity contribution < 1.29 is 22.7 Å². The lowest BCUT2D eigenvalue weighted by molar-refractivity contribution is -0.117. The van der Waals surface area contributed by atoms with E-state index in [1.165, 1.54) is 11.3 Å². The molecule has 1 aromatic heterocycles. The lowest BCUT2D eigenvalue weighted by Gasteiger charge is -2.17. The van der Waals surface area contributed by atoms with Gasteiger partial charge in [-0.1, -0.05) is 6.07 Å². The molecule has 25 heavy (non-hydrogen) atoms. The van der Waals surface area contributed by atoms with Gasteiger partial charge in [-0.15, -0.1) is 11.3 Å². The summed E-state index contributed by atoms with van der Waals surface area (Å²) in [6.45, 7) is 0.873.